The molecule has 1 aromatic heterocycles. The largest absolute Gasteiger partial charge is 0.497 e. The lowest BCUT2D eigenvalue weighted by Gasteiger charge is -2.02. The maximum Gasteiger partial charge on any atom is 0.119 e. The molecule has 0 atom stereocenters. The molecule has 0 amide bonds. The molecule has 3 rings (SSSR count). The van der Waals surface area contributed by atoms with Crippen molar-refractivity contribution in [2.24, 2.45) is 0 Å². The Bertz CT molecular complexity index is 674. The number of aromatic nitrogens is 2. The maximum absolute atomic E-state index is 5.23. The predicted molar refractivity (Wildman–Crippen MR) is 75.6 cm³/mol. The van der Waals surface area contributed by atoms with Crippen LogP contribution < -0.4 is 4.74 Å². The van der Waals surface area contributed by atoms with Crippen molar-refractivity contribution in [2.45, 2.75) is 0 Å². The first-order chi connectivity index (χ1) is 9.36. The lowest BCUT2D eigenvalue weighted by molar-refractivity contribution is 0.415. The monoisotopic (exact) mass is 250 g/mol. The summed E-state index contributed by atoms with van der Waals surface area (Å²) < 4.78 is 7.10. The van der Waals surface area contributed by atoms with E-state index in [4.69, 9.17) is 4.74 Å². The van der Waals surface area contributed by atoms with Gasteiger partial charge in [-0.25, -0.2) is 4.68 Å². The molecule has 3 nitrogen and oxygen atoms in total. The van der Waals surface area contributed by atoms with Gasteiger partial charge in [0.15, 0.2) is 0 Å². The standard InChI is InChI=1S/C16H14N2O/c1-19-15-9-5-6-13(12-15)16-10-11-18(17-16)14-7-3-2-4-8-14/h2-12H,1H3. The Balaban J connectivity index is 1.97. The lowest BCUT2D eigenvalue weighted by atomic mass is 10.1. The zero-order chi connectivity index (χ0) is 13.1. The molecule has 3 aromatic rings. The second-order valence-electron chi connectivity index (χ2n) is 4.21. The Morgan fingerprint density at radius 2 is 1.79 bits per heavy atom. The van der Waals surface area contributed by atoms with Crippen molar-refractivity contribution < 1.29 is 4.74 Å². The molecule has 0 saturated heterocycles. The second kappa shape index (κ2) is 4.98. The van der Waals surface area contributed by atoms with Crippen LogP contribution in [0.25, 0.3) is 16.9 Å². The third-order valence-corrected chi connectivity index (χ3v) is 2.98. The van der Waals surface area contributed by atoms with Crippen molar-refractivity contribution in [1.29, 1.82) is 0 Å². The van der Waals surface area contributed by atoms with Crippen LogP contribution in [0, 0.1) is 0 Å². The van der Waals surface area contributed by atoms with Gasteiger partial charge in [-0.2, -0.15) is 5.10 Å². The van der Waals surface area contributed by atoms with E-state index in [0.29, 0.717) is 0 Å². The molecule has 2 aromatic carbocycles. The quantitative estimate of drug-likeness (QED) is 0.710. The van der Waals surface area contributed by atoms with Gasteiger partial charge in [0.25, 0.3) is 0 Å². The summed E-state index contributed by atoms with van der Waals surface area (Å²) >= 11 is 0. The Morgan fingerprint density at radius 1 is 0.947 bits per heavy atom. The smallest absolute Gasteiger partial charge is 0.119 e. The molecular weight excluding hydrogens is 236 g/mol. The van der Waals surface area contributed by atoms with Crippen molar-refractivity contribution in [3.05, 3.63) is 66.9 Å². The molecule has 0 bridgehead atoms. The highest BCUT2D eigenvalue weighted by molar-refractivity contribution is 5.61. The average Bonchev–Trinajstić information content (AvgIpc) is 2.98. The molecule has 0 fully saturated rings. The van der Waals surface area contributed by atoms with Crippen LogP contribution in [0.5, 0.6) is 5.75 Å². The van der Waals surface area contributed by atoms with E-state index in [9.17, 15) is 0 Å². The van der Waals surface area contributed by atoms with Crippen molar-refractivity contribution >= 4 is 0 Å². The van der Waals surface area contributed by atoms with Gasteiger partial charge in [0.2, 0.25) is 0 Å². The number of hydrogen-bond acceptors (Lipinski definition) is 2. The molecule has 19 heavy (non-hydrogen) atoms. The van der Waals surface area contributed by atoms with Crippen LogP contribution in [-0.4, -0.2) is 16.9 Å². The maximum atomic E-state index is 5.23. The van der Waals surface area contributed by atoms with Gasteiger partial charge >= 0.3 is 0 Å². The normalized spacial score (nSPS) is 10.4. The summed E-state index contributed by atoms with van der Waals surface area (Å²) in [6.07, 6.45) is 1.96. The highest BCUT2D eigenvalue weighted by Gasteiger charge is 2.04. The van der Waals surface area contributed by atoms with Crippen LogP contribution in [0.2, 0.25) is 0 Å². The summed E-state index contributed by atoms with van der Waals surface area (Å²) in [5.74, 6) is 0.840. The van der Waals surface area contributed by atoms with Gasteiger partial charge in [-0.15, -0.1) is 0 Å². The van der Waals surface area contributed by atoms with Crippen LogP contribution >= 0.6 is 0 Å². The third-order valence-electron chi connectivity index (χ3n) is 2.98. The summed E-state index contributed by atoms with van der Waals surface area (Å²) in [7, 11) is 1.67. The molecule has 94 valence electrons. The van der Waals surface area contributed by atoms with E-state index >= 15 is 0 Å². The van der Waals surface area contributed by atoms with Gasteiger partial charge in [-0.1, -0.05) is 30.3 Å². The van der Waals surface area contributed by atoms with Gasteiger partial charge in [0.1, 0.15) is 5.75 Å². The molecule has 0 radical (unpaired) electrons. The Hall–Kier alpha value is -2.55. The predicted octanol–water partition coefficient (Wildman–Crippen LogP) is 3.55. The molecule has 0 aliphatic heterocycles. The first-order valence-corrected chi connectivity index (χ1v) is 6.12. The van der Waals surface area contributed by atoms with Crippen molar-refractivity contribution in [3.8, 4) is 22.7 Å². The number of hydrogen-bond donors (Lipinski definition) is 0. The summed E-state index contributed by atoms with van der Waals surface area (Å²) in [5.41, 5.74) is 3.04. The summed E-state index contributed by atoms with van der Waals surface area (Å²) in [6.45, 7) is 0. The fraction of sp³-hybridized carbons (Fsp3) is 0.0625. The van der Waals surface area contributed by atoms with Crippen molar-refractivity contribution in [2.75, 3.05) is 7.11 Å². The highest BCUT2D eigenvalue weighted by atomic mass is 16.5. The molecule has 0 aliphatic rings. The van der Waals surface area contributed by atoms with E-state index in [0.717, 1.165) is 22.7 Å². The number of para-hydroxylation sites is 1. The van der Waals surface area contributed by atoms with E-state index in [2.05, 4.69) is 5.10 Å². The minimum Gasteiger partial charge on any atom is -0.497 e. The first-order valence-electron chi connectivity index (χ1n) is 6.12. The minimum atomic E-state index is 0.840. The summed E-state index contributed by atoms with van der Waals surface area (Å²) in [4.78, 5) is 0. The van der Waals surface area contributed by atoms with E-state index in [-0.39, 0.29) is 0 Å². The van der Waals surface area contributed by atoms with Crippen molar-refractivity contribution in [1.82, 2.24) is 9.78 Å². The van der Waals surface area contributed by atoms with Gasteiger partial charge in [-0.05, 0) is 30.3 Å². The molecular formula is C16H14N2O. The van der Waals surface area contributed by atoms with E-state index in [1.54, 1.807) is 7.11 Å². The second-order valence-corrected chi connectivity index (χ2v) is 4.21. The van der Waals surface area contributed by atoms with Crippen LogP contribution in [0.4, 0.5) is 0 Å². The molecule has 0 aliphatic carbocycles. The minimum absolute atomic E-state index is 0.840. The molecule has 0 saturated carbocycles. The van der Waals surface area contributed by atoms with Gasteiger partial charge in [0, 0.05) is 11.8 Å². The molecule has 3 heteroatoms. The number of ether oxygens (including phenoxy) is 1. The summed E-state index contributed by atoms with van der Waals surface area (Å²) in [5, 5.41) is 4.59. The van der Waals surface area contributed by atoms with Crippen LogP contribution in [0.1, 0.15) is 0 Å². The first kappa shape index (κ1) is 11.5. The van der Waals surface area contributed by atoms with Crippen LogP contribution in [0.15, 0.2) is 66.9 Å². The Labute approximate surface area is 112 Å². The zero-order valence-corrected chi connectivity index (χ0v) is 10.7. The average molecular weight is 250 g/mol. The number of nitrogens with zero attached hydrogens (tertiary/aromatic N) is 2. The molecule has 0 N–H and O–H groups in total. The topological polar surface area (TPSA) is 27.1 Å². The number of rotatable bonds is 3. The zero-order valence-electron chi connectivity index (χ0n) is 10.7. The number of methoxy groups -OCH3 is 1. The van der Waals surface area contributed by atoms with E-state index < -0.39 is 0 Å². The fourth-order valence-corrected chi connectivity index (χ4v) is 1.98. The number of benzene rings is 2. The van der Waals surface area contributed by atoms with Crippen LogP contribution in [-0.2, 0) is 0 Å². The van der Waals surface area contributed by atoms with Gasteiger partial charge < -0.3 is 4.74 Å². The van der Waals surface area contributed by atoms with Crippen molar-refractivity contribution in [3.63, 3.8) is 0 Å². The van der Waals surface area contributed by atoms with E-state index in [1.807, 2.05) is 71.5 Å². The van der Waals surface area contributed by atoms with Crippen LogP contribution in [0.3, 0.4) is 0 Å². The molecule has 1 heterocycles. The Morgan fingerprint density at radius 3 is 2.58 bits per heavy atom. The molecule has 0 unspecified atom stereocenters. The van der Waals surface area contributed by atoms with Gasteiger partial charge in [-0.3, -0.25) is 0 Å². The van der Waals surface area contributed by atoms with Gasteiger partial charge in [0.05, 0.1) is 18.5 Å². The van der Waals surface area contributed by atoms with E-state index in [1.165, 1.54) is 0 Å². The Kier molecular flexibility index (Phi) is 3.02. The third kappa shape index (κ3) is 2.36. The summed E-state index contributed by atoms with van der Waals surface area (Å²) in [6, 6.07) is 20.0. The molecule has 0 spiro atoms. The highest BCUT2D eigenvalue weighted by Crippen LogP contribution is 2.22. The fourth-order valence-electron chi connectivity index (χ4n) is 1.98. The SMILES string of the molecule is COc1cccc(-c2ccn(-c3ccccc3)n2)c1. The lowest BCUT2D eigenvalue weighted by Crippen LogP contribution is -1.94.